The van der Waals surface area contributed by atoms with Gasteiger partial charge < -0.3 is 19.8 Å². The molecule has 2 rings (SSSR count). The second-order valence-electron chi connectivity index (χ2n) is 6.18. The van der Waals surface area contributed by atoms with Gasteiger partial charge in [0.05, 0.1) is 5.71 Å². The average Bonchev–Trinajstić information content (AvgIpc) is 2.52. The van der Waals surface area contributed by atoms with Gasteiger partial charge >= 0.3 is 5.97 Å². The lowest BCUT2D eigenvalue weighted by Crippen LogP contribution is -2.17. The summed E-state index contributed by atoms with van der Waals surface area (Å²) in [6.45, 7) is 1.81. The number of allylic oxidation sites excluding steroid dienone is 1. The number of phenolic OH excluding ortho intramolecular Hbond substituents is 2. The summed E-state index contributed by atoms with van der Waals surface area (Å²) in [7, 11) is 1.47. The van der Waals surface area contributed by atoms with Crippen molar-refractivity contribution < 1.29 is 24.6 Å². The summed E-state index contributed by atoms with van der Waals surface area (Å²) in [6, 6.07) is 2.60. The van der Waals surface area contributed by atoms with Crippen molar-refractivity contribution in [3.05, 3.63) is 35.4 Å². The minimum absolute atomic E-state index is 0.0643. The van der Waals surface area contributed by atoms with Crippen molar-refractivity contribution in [2.45, 2.75) is 51.6 Å². The number of hydrogen-bond donors (Lipinski definition) is 2. The zero-order chi connectivity index (χ0) is 18.2. The topological polar surface area (TPSA) is 88.4 Å². The van der Waals surface area contributed by atoms with Gasteiger partial charge in [0.1, 0.15) is 30.3 Å². The van der Waals surface area contributed by atoms with Gasteiger partial charge in [-0.1, -0.05) is 17.3 Å². The maximum absolute atomic E-state index is 12.5. The molecule has 1 aromatic rings. The highest BCUT2D eigenvalue weighted by atomic mass is 16.6. The first-order valence-corrected chi connectivity index (χ1v) is 8.51. The first kappa shape index (κ1) is 18.8. The zero-order valence-corrected chi connectivity index (χ0v) is 14.7. The van der Waals surface area contributed by atoms with Crippen LogP contribution in [0, 0.1) is 0 Å². The molecule has 0 bridgehead atoms. The van der Waals surface area contributed by atoms with Crippen molar-refractivity contribution in [1.29, 1.82) is 0 Å². The molecule has 6 heteroatoms. The van der Waals surface area contributed by atoms with Crippen LogP contribution in [-0.2, 0) is 16.0 Å². The summed E-state index contributed by atoms with van der Waals surface area (Å²) in [5.74, 6) is -1.02. The number of carbonyl (C=O) groups is 1. The molecule has 1 heterocycles. The van der Waals surface area contributed by atoms with E-state index in [2.05, 4.69) is 11.2 Å². The van der Waals surface area contributed by atoms with Crippen LogP contribution < -0.4 is 0 Å². The van der Waals surface area contributed by atoms with Crippen LogP contribution >= 0.6 is 0 Å². The lowest BCUT2D eigenvalue weighted by atomic mass is 9.97. The highest BCUT2D eigenvalue weighted by Crippen LogP contribution is 2.29. The fraction of sp³-hybridized carbons (Fsp3) is 0.474. The van der Waals surface area contributed by atoms with E-state index < -0.39 is 5.97 Å². The van der Waals surface area contributed by atoms with Gasteiger partial charge in [0, 0.05) is 18.9 Å². The molecule has 0 aromatic heterocycles. The van der Waals surface area contributed by atoms with Crippen molar-refractivity contribution in [2.24, 2.45) is 5.16 Å². The molecule has 1 aliphatic heterocycles. The third-order valence-electron chi connectivity index (χ3n) is 4.03. The number of benzene rings is 1. The van der Waals surface area contributed by atoms with E-state index in [1.807, 2.05) is 13.0 Å². The Morgan fingerprint density at radius 3 is 2.80 bits per heavy atom. The van der Waals surface area contributed by atoms with E-state index in [0.717, 1.165) is 31.0 Å². The van der Waals surface area contributed by atoms with Crippen LogP contribution in [0.15, 0.2) is 29.4 Å². The third kappa shape index (κ3) is 5.52. The Bertz CT molecular complexity index is 666. The Morgan fingerprint density at radius 1 is 1.24 bits per heavy atom. The van der Waals surface area contributed by atoms with Crippen molar-refractivity contribution >= 4 is 11.7 Å². The highest BCUT2D eigenvalue weighted by molar-refractivity contribution is 5.97. The molecule has 1 unspecified atom stereocenters. The normalized spacial score (nSPS) is 22.6. The predicted molar refractivity (Wildman–Crippen MR) is 95.0 cm³/mol. The number of carbonyl (C=O) groups excluding carboxylic acids is 1. The van der Waals surface area contributed by atoms with Gasteiger partial charge in [-0.05, 0) is 44.2 Å². The Balaban J connectivity index is 2.40. The number of aromatic hydroxyl groups is 2. The largest absolute Gasteiger partial charge is 0.508 e. The minimum Gasteiger partial charge on any atom is -0.508 e. The summed E-state index contributed by atoms with van der Waals surface area (Å²) in [4.78, 5) is 17.4. The number of cyclic esters (lactones) is 1. The monoisotopic (exact) mass is 347 g/mol. The molecule has 2 N–H and O–H groups in total. The van der Waals surface area contributed by atoms with Crippen molar-refractivity contribution in [1.82, 2.24) is 0 Å². The van der Waals surface area contributed by atoms with Gasteiger partial charge in [0.25, 0.3) is 0 Å². The van der Waals surface area contributed by atoms with Gasteiger partial charge in [-0.3, -0.25) is 0 Å². The van der Waals surface area contributed by atoms with Crippen molar-refractivity contribution in [3.63, 3.8) is 0 Å². The van der Waals surface area contributed by atoms with E-state index in [4.69, 9.17) is 9.57 Å². The number of rotatable bonds is 1. The first-order chi connectivity index (χ1) is 12.0. The van der Waals surface area contributed by atoms with Gasteiger partial charge in [-0.15, -0.1) is 0 Å². The maximum Gasteiger partial charge on any atom is 0.342 e. The molecule has 0 amide bonds. The SMILES string of the molecule is CO/N=C1\CCCC/C=C/CC(C)OC(=O)c2c(O)cc(O)cc2C1. The second kappa shape index (κ2) is 9.11. The number of fused-ring (bicyclic) bond motifs is 1. The summed E-state index contributed by atoms with van der Waals surface area (Å²) in [5.41, 5.74) is 1.28. The van der Waals surface area contributed by atoms with E-state index in [0.29, 0.717) is 24.8 Å². The van der Waals surface area contributed by atoms with Crippen LogP contribution in [-0.4, -0.2) is 35.1 Å². The molecule has 1 aliphatic rings. The van der Waals surface area contributed by atoms with E-state index in [-0.39, 0.29) is 23.2 Å². The molecule has 0 saturated heterocycles. The molecule has 0 aliphatic carbocycles. The summed E-state index contributed by atoms with van der Waals surface area (Å²) in [5, 5.41) is 24.0. The molecule has 1 aromatic carbocycles. The van der Waals surface area contributed by atoms with E-state index in [1.54, 1.807) is 0 Å². The average molecular weight is 347 g/mol. The van der Waals surface area contributed by atoms with Crippen molar-refractivity contribution in [3.8, 4) is 11.5 Å². The van der Waals surface area contributed by atoms with Crippen LogP contribution in [0.2, 0.25) is 0 Å². The molecular weight excluding hydrogens is 322 g/mol. The number of ether oxygens (including phenoxy) is 1. The molecule has 0 spiro atoms. The number of phenols is 2. The quantitative estimate of drug-likeness (QED) is 0.459. The molecule has 0 radical (unpaired) electrons. The lowest BCUT2D eigenvalue weighted by molar-refractivity contribution is 0.0343. The smallest absolute Gasteiger partial charge is 0.342 e. The van der Waals surface area contributed by atoms with Crippen LogP contribution in [0.4, 0.5) is 0 Å². The van der Waals surface area contributed by atoms with Gasteiger partial charge in [0.2, 0.25) is 0 Å². The predicted octanol–water partition coefficient (Wildman–Crippen LogP) is 3.71. The van der Waals surface area contributed by atoms with Crippen LogP contribution in [0.5, 0.6) is 11.5 Å². The second-order valence-corrected chi connectivity index (χ2v) is 6.18. The number of nitrogens with zero attached hydrogens (tertiary/aromatic N) is 1. The number of oxime groups is 1. The first-order valence-electron chi connectivity index (χ1n) is 8.51. The summed E-state index contributed by atoms with van der Waals surface area (Å²) < 4.78 is 5.43. The third-order valence-corrected chi connectivity index (χ3v) is 4.03. The summed E-state index contributed by atoms with van der Waals surface area (Å²) >= 11 is 0. The molecular formula is C19H25NO5. The summed E-state index contributed by atoms with van der Waals surface area (Å²) in [6.07, 6.45) is 8.33. The lowest BCUT2D eigenvalue weighted by Gasteiger charge is -2.16. The van der Waals surface area contributed by atoms with Gasteiger partial charge in [-0.2, -0.15) is 0 Å². The van der Waals surface area contributed by atoms with Crippen molar-refractivity contribution in [2.75, 3.05) is 7.11 Å². The van der Waals surface area contributed by atoms with Crippen LogP contribution in [0.25, 0.3) is 0 Å². The highest BCUT2D eigenvalue weighted by Gasteiger charge is 2.22. The molecule has 6 nitrogen and oxygen atoms in total. The van der Waals surface area contributed by atoms with E-state index in [1.165, 1.54) is 13.2 Å². The Morgan fingerprint density at radius 2 is 2.04 bits per heavy atom. The maximum atomic E-state index is 12.5. The molecule has 136 valence electrons. The number of esters is 1. The molecule has 25 heavy (non-hydrogen) atoms. The molecule has 0 fully saturated rings. The van der Waals surface area contributed by atoms with Crippen LogP contribution in [0.1, 0.15) is 54.9 Å². The Hall–Kier alpha value is -2.50. The van der Waals surface area contributed by atoms with E-state index in [9.17, 15) is 15.0 Å². The van der Waals surface area contributed by atoms with Gasteiger partial charge in [0.15, 0.2) is 0 Å². The zero-order valence-electron chi connectivity index (χ0n) is 14.7. The fourth-order valence-electron chi connectivity index (χ4n) is 2.85. The standard InChI is InChI=1S/C19H25NO5/c1-13-8-6-4-3-5-7-9-15(20-24-2)10-14-11-16(21)12-17(22)18(14)19(23)25-13/h4,6,11-13,21-22H,3,5,7-10H2,1-2H3/b6-4+,20-15+. The number of hydrogen-bond acceptors (Lipinski definition) is 6. The van der Waals surface area contributed by atoms with Crippen LogP contribution in [0.3, 0.4) is 0 Å². The molecule has 0 saturated carbocycles. The van der Waals surface area contributed by atoms with E-state index >= 15 is 0 Å². The Kier molecular flexibility index (Phi) is 6.86. The minimum atomic E-state index is -0.609. The fourth-order valence-corrected chi connectivity index (χ4v) is 2.85. The van der Waals surface area contributed by atoms with Gasteiger partial charge in [-0.25, -0.2) is 4.79 Å². The molecule has 1 atom stereocenters. The Labute approximate surface area is 147 Å².